The number of aryl methyl sites for hydroxylation is 1. The second-order valence-corrected chi connectivity index (χ2v) is 6.60. The van der Waals surface area contributed by atoms with Crippen LogP contribution in [0.1, 0.15) is 18.2 Å². The third-order valence-corrected chi connectivity index (χ3v) is 4.85. The molecule has 1 aliphatic rings. The first-order chi connectivity index (χ1) is 11.0. The van der Waals surface area contributed by atoms with Crippen molar-refractivity contribution in [2.24, 2.45) is 0 Å². The first kappa shape index (κ1) is 15.8. The number of rotatable bonds is 4. The Bertz CT molecular complexity index is 853. The van der Waals surface area contributed by atoms with Gasteiger partial charge in [-0.25, -0.2) is 0 Å². The average molecular weight is 346 g/mol. The van der Waals surface area contributed by atoms with Crippen molar-refractivity contribution in [2.45, 2.75) is 13.3 Å². The largest absolute Gasteiger partial charge is 0.548 e. The standard InChI is InChI=1S/C16H13NO4S2/c1-2-11-10(9-5-3-4-6-12(9)21-11)7-13-15(20)17(8-14(18)19)16(22)23-13/h3-7H,2,8H2,1H3,(H,18,19)/p-1/b13-7-. The Morgan fingerprint density at radius 3 is 2.87 bits per heavy atom. The molecule has 1 saturated heterocycles. The lowest BCUT2D eigenvalue weighted by Crippen LogP contribution is -2.40. The molecule has 2 heterocycles. The van der Waals surface area contributed by atoms with Crippen LogP contribution in [0.4, 0.5) is 0 Å². The number of carboxylic acids is 1. The Labute approximate surface area is 141 Å². The molecule has 5 nitrogen and oxygen atoms in total. The highest BCUT2D eigenvalue weighted by atomic mass is 32.2. The van der Waals surface area contributed by atoms with Crippen LogP contribution in [0.2, 0.25) is 0 Å². The van der Waals surface area contributed by atoms with Crippen LogP contribution < -0.4 is 5.11 Å². The molecule has 1 aliphatic heterocycles. The molecule has 7 heteroatoms. The Morgan fingerprint density at radius 2 is 2.17 bits per heavy atom. The number of hydrogen-bond donors (Lipinski definition) is 0. The summed E-state index contributed by atoms with van der Waals surface area (Å²) in [6.07, 6.45) is 2.40. The number of furan rings is 1. The molecule has 118 valence electrons. The van der Waals surface area contributed by atoms with Crippen LogP contribution >= 0.6 is 24.0 Å². The average Bonchev–Trinajstić information content (AvgIpc) is 3.00. The van der Waals surface area contributed by atoms with Crippen LogP contribution in [0.3, 0.4) is 0 Å². The molecular weight excluding hydrogens is 334 g/mol. The van der Waals surface area contributed by atoms with Gasteiger partial charge < -0.3 is 14.3 Å². The third-order valence-electron chi connectivity index (χ3n) is 3.47. The van der Waals surface area contributed by atoms with E-state index < -0.39 is 18.4 Å². The molecule has 0 N–H and O–H groups in total. The first-order valence-corrected chi connectivity index (χ1v) is 8.19. The Kier molecular flexibility index (Phi) is 4.23. The quantitative estimate of drug-likeness (QED) is 0.622. The summed E-state index contributed by atoms with van der Waals surface area (Å²) in [5.41, 5.74) is 1.58. The van der Waals surface area contributed by atoms with E-state index in [2.05, 4.69) is 0 Å². The summed E-state index contributed by atoms with van der Waals surface area (Å²) < 4.78 is 6.02. The van der Waals surface area contributed by atoms with Crippen molar-refractivity contribution in [1.82, 2.24) is 4.90 Å². The summed E-state index contributed by atoms with van der Waals surface area (Å²) in [4.78, 5) is 24.5. The lowest BCUT2D eigenvalue weighted by atomic mass is 10.1. The lowest BCUT2D eigenvalue weighted by Gasteiger charge is -2.14. The highest BCUT2D eigenvalue weighted by Crippen LogP contribution is 2.35. The van der Waals surface area contributed by atoms with E-state index in [-0.39, 0.29) is 4.32 Å². The molecule has 1 aromatic heterocycles. The number of thiocarbonyl (C=S) groups is 1. The van der Waals surface area contributed by atoms with Gasteiger partial charge in [0.2, 0.25) is 0 Å². The number of hydrogen-bond acceptors (Lipinski definition) is 6. The van der Waals surface area contributed by atoms with Gasteiger partial charge in [0.15, 0.2) is 0 Å². The van der Waals surface area contributed by atoms with Crippen LogP contribution in [-0.4, -0.2) is 27.6 Å². The zero-order chi connectivity index (χ0) is 16.6. The van der Waals surface area contributed by atoms with Crippen molar-refractivity contribution in [3.63, 3.8) is 0 Å². The Hall–Kier alpha value is -2.12. The van der Waals surface area contributed by atoms with E-state index in [1.165, 1.54) is 0 Å². The topological polar surface area (TPSA) is 73.6 Å². The van der Waals surface area contributed by atoms with Gasteiger partial charge in [0, 0.05) is 17.4 Å². The number of para-hydroxylation sites is 1. The fourth-order valence-electron chi connectivity index (χ4n) is 2.43. The summed E-state index contributed by atoms with van der Waals surface area (Å²) in [7, 11) is 0. The van der Waals surface area contributed by atoms with E-state index in [1.807, 2.05) is 31.2 Å². The number of carbonyl (C=O) groups is 2. The van der Waals surface area contributed by atoms with Crippen molar-refractivity contribution >= 4 is 57.2 Å². The number of fused-ring (bicyclic) bond motifs is 1. The monoisotopic (exact) mass is 346 g/mol. The third kappa shape index (κ3) is 2.89. The van der Waals surface area contributed by atoms with Gasteiger partial charge in [-0.05, 0) is 12.1 Å². The maximum absolute atomic E-state index is 12.3. The van der Waals surface area contributed by atoms with Crippen LogP contribution in [-0.2, 0) is 16.0 Å². The predicted octanol–water partition coefficient (Wildman–Crippen LogP) is 1.95. The molecule has 0 unspecified atom stereocenters. The number of benzene rings is 1. The van der Waals surface area contributed by atoms with Gasteiger partial charge in [0.1, 0.15) is 15.7 Å². The van der Waals surface area contributed by atoms with Gasteiger partial charge >= 0.3 is 0 Å². The first-order valence-electron chi connectivity index (χ1n) is 6.97. The van der Waals surface area contributed by atoms with E-state index in [9.17, 15) is 14.7 Å². The highest BCUT2D eigenvalue weighted by molar-refractivity contribution is 8.26. The maximum Gasteiger partial charge on any atom is 0.266 e. The van der Waals surface area contributed by atoms with Gasteiger partial charge in [-0.2, -0.15) is 0 Å². The summed E-state index contributed by atoms with van der Waals surface area (Å²) in [6.45, 7) is 1.44. The maximum atomic E-state index is 12.3. The number of carbonyl (C=O) groups excluding carboxylic acids is 2. The van der Waals surface area contributed by atoms with Crippen molar-refractivity contribution in [3.05, 3.63) is 40.5 Å². The molecule has 23 heavy (non-hydrogen) atoms. The number of thioether (sulfide) groups is 1. The number of carboxylic acid groups (broad SMARTS) is 1. The minimum atomic E-state index is -1.34. The molecule has 0 spiro atoms. The molecule has 1 fully saturated rings. The highest BCUT2D eigenvalue weighted by Gasteiger charge is 2.32. The summed E-state index contributed by atoms with van der Waals surface area (Å²) in [6, 6.07) is 7.57. The number of amides is 1. The normalized spacial score (nSPS) is 16.7. The molecule has 0 bridgehead atoms. The predicted molar refractivity (Wildman–Crippen MR) is 90.5 cm³/mol. The second kappa shape index (κ2) is 6.17. The molecule has 2 aromatic rings. The van der Waals surface area contributed by atoms with E-state index in [0.29, 0.717) is 11.3 Å². The van der Waals surface area contributed by atoms with Crippen molar-refractivity contribution in [1.29, 1.82) is 0 Å². The van der Waals surface area contributed by atoms with Crippen LogP contribution in [0.15, 0.2) is 33.6 Å². The minimum Gasteiger partial charge on any atom is -0.548 e. The molecule has 3 rings (SSSR count). The summed E-state index contributed by atoms with van der Waals surface area (Å²) in [5.74, 6) is -0.988. The van der Waals surface area contributed by atoms with E-state index >= 15 is 0 Å². The molecule has 0 saturated carbocycles. The van der Waals surface area contributed by atoms with E-state index in [1.54, 1.807) is 6.08 Å². The number of aliphatic carboxylic acids is 1. The van der Waals surface area contributed by atoms with Gasteiger partial charge in [-0.1, -0.05) is 49.1 Å². The van der Waals surface area contributed by atoms with Crippen molar-refractivity contribution in [3.8, 4) is 0 Å². The van der Waals surface area contributed by atoms with Crippen LogP contribution in [0.25, 0.3) is 17.0 Å². The van der Waals surface area contributed by atoms with Gasteiger partial charge in [-0.15, -0.1) is 0 Å². The van der Waals surface area contributed by atoms with Crippen molar-refractivity contribution < 1.29 is 19.1 Å². The molecule has 0 aliphatic carbocycles. The SMILES string of the molecule is CCc1oc2ccccc2c1/C=C1\SC(=S)N(CC(=O)[O-])C1=O. The van der Waals surface area contributed by atoms with E-state index in [0.717, 1.165) is 39.0 Å². The fourth-order valence-corrected chi connectivity index (χ4v) is 3.67. The molecule has 0 radical (unpaired) electrons. The zero-order valence-electron chi connectivity index (χ0n) is 12.2. The summed E-state index contributed by atoms with van der Waals surface area (Å²) >= 11 is 6.16. The van der Waals surface area contributed by atoms with Gasteiger partial charge in [0.05, 0.1) is 17.4 Å². The van der Waals surface area contributed by atoms with E-state index in [4.69, 9.17) is 16.6 Å². The summed E-state index contributed by atoms with van der Waals surface area (Å²) in [5, 5.41) is 11.6. The molecular formula is C16H12NO4S2-. The van der Waals surface area contributed by atoms with Crippen LogP contribution in [0, 0.1) is 0 Å². The minimum absolute atomic E-state index is 0.219. The Balaban J connectivity index is 2.04. The zero-order valence-corrected chi connectivity index (χ0v) is 13.8. The molecule has 0 atom stereocenters. The van der Waals surface area contributed by atoms with Crippen molar-refractivity contribution in [2.75, 3.05) is 6.54 Å². The molecule has 1 aromatic carbocycles. The number of nitrogens with zero attached hydrogens (tertiary/aromatic N) is 1. The van der Waals surface area contributed by atoms with Gasteiger partial charge in [0.25, 0.3) is 5.91 Å². The second-order valence-electron chi connectivity index (χ2n) is 4.93. The van der Waals surface area contributed by atoms with Gasteiger partial charge in [-0.3, -0.25) is 9.69 Å². The lowest BCUT2D eigenvalue weighted by molar-refractivity contribution is -0.305. The fraction of sp³-hybridized carbons (Fsp3) is 0.188. The smallest absolute Gasteiger partial charge is 0.266 e. The Morgan fingerprint density at radius 1 is 1.43 bits per heavy atom. The van der Waals surface area contributed by atoms with Crippen LogP contribution in [0.5, 0.6) is 0 Å². The molecule has 1 amide bonds.